The van der Waals surface area contributed by atoms with E-state index in [9.17, 15) is 9.59 Å². The Bertz CT molecular complexity index is 1220. The molecule has 2 aromatic heterocycles. The zero-order valence-electron chi connectivity index (χ0n) is 15.5. The van der Waals surface area contributed by atoms with Crippen LogP contribution in [0.4, 0.5) is 0 Å². The molecule has 2 N–H and O–H groups in total. The topological polar surface area (TPSA) is 91.8 Å². The number of H-pyrrole nitrogens is 2. The van der Waals surface area contributed by atoms with Gasteiger partial charge in [-0.3, -0.25) is 9.59 Å². The number of benzene rings is 1. The summed E-state index contributed by atoms with van der Waals surface area (Å²) in [5, 5.41) is 0.297. The fourth-order valence-corrected chi connectivity index (χ4v) is 2.69. The minimum atomic E-state index is -0.413. The first-order chi connectivity index (χ1) is 12.8. The van der Waals surface area contributed by atoms with E-state index in [1.165, 1.54) is 12.5 Å². The number of aromatic amines is 2. The van der Waals surface area contributed by atoms with Crippen LogP contribution in [0.25, 0.3) is 18.2 Å². The third-order valence-corrected chi connectivity index (χ3v) is 4.00. The molecule has 6 nitrogen and oxygen atoms in total. The van der Waals surface area contributed by atoms with Gasteiger partial charge in [0.2, 0.25) is 0 Å². The molecular formula is C21H21N3O3. The van der Waals surface area contributed by atoms with Crippen LogP contribution in [0.5, 0.6) is 0 Å². The van der Waals surface area contributed by atoms with Gasteiger partial charge < -0.3 is 14.4 Å². The Balaban J connectivity index is 2.13. The Morgan fingerprint density at radius 1 is 1.04 bits per heavy atom. The first-order valence-electron chi connectivity index (χ1n) is 8.50. The maximum Gasteiger partial charge on any atom is 0.272 e. The van der Waals surface area contributed by atoms with E-state index < -0.39 is 11.1 Å². The number of nitrogens with zero attached hydrogens (tertiary/aromatic N) is 1. The molecule has 0 atom stereocenters. The van der Waals surface area contributed by atoms with Gasteiger partial charge in [0.15, 0.2) is 6.39 Å². The van der Waals surface area contributed by atoms with E-state index >= 15 is 0 Å². The minimum absolute atomic E-state index is 0.122. The van der Waals surface area contributed by atoms with E-state index in [0.29, 0.717) is 11.5 Å². The van der Waals surface area contributed by atoms with Gasteiger partial charge in [-0.2, -0.15) is 0 Å². The number of nitrogens with one attached hydrogen (secondary N) is 2. The Hall–Kier alpha value is -3.41. The molecule has 138 valence electrons. The van der Waals surface area contributed by atoms with E-state index in [2.05, 4.69) is 21.5 Å². The van der Waals surface area contributed by atoms with Gasteiger partial charge in [-0.25, -0.2) is 4.98 Å². The van der Waals surface area contributed by atoms with Crippen LogP contribution in [0.2, 0.25) is 0 Å². The standard InChI is InChI=1S/C21H21N3O3/c1-5-13-7-6-8-14(9-13)10-16-19(25)24-17(20(26)23-16)11-15-18(21(2,3)4)27-12-22-15/h5-12H,1H2,2-4H3,(H,23,26)(H,24,25)/b16-10-,17-11-. The number of hydrogen-bond acceptors (Lipinski definition) is 4. The molecule has 0 spiro atoms. The highest BCUT2D eigenvalue weighted by atomic mass is 16.3. The van der Waals surface area contributed by atoms with Crippen molar-refractivity contribution in [3.8, 4) is 0 Å². The van der Waals surface area contributed by atoms with E-state index in [1.807, 2.05) is 45.0 Å². The van der Waals surface area contributed by atoms with Crippen molar-refractivity contribution in [1.29, 1.82) is 0 Å². The van der Waals surface area contributed by atoms with Crippen LogP contribution in [0.15, 0.2) is 51.2 Å². The summed E-state index contributed by atoms with van der Waals surface area (Å²) in [5.74, 6) is 0.639. The molecule has 0 amide bonds. The molecule has 0 fully saturated rings. The zero-order chi connectivity index (χ0) is 19.6. The van der Waals surface area contributed by atoms with Crippen LogP contribution in [0, 0.1) is 0 Å². The second-order valence-electron chi connectivity index (χ2n) is 7.22. The maximum atomic E-state index is 12.4. The average molecular weight is 363 g/mol. The first-order valence-corrected chi connectivity index (χ1v) is 8.50. The van der Waals surface area contributed by atoms with Gasteiger partial charge in [0, 0.05) is 5.41 Å². The molecule has 0 unspecified atom stereocenters. The number of oxazole rings is 1. The molecule has 0 aliphatic rings. The predicted octanol–water partition coefficient (Wildman–Crippen LogP) is 1.65. The third kappa shape index (κ3) is 4.06. The zero-order valence-corrected chi connectivity index (χ0v) is 15.5. The fourth-order valence-electron chi connectivity index (χ4n) is 2.69. The largest absolute Gasteiger partial charge is 0.447 e. The predicted molar refractivity (Wildman–Crippen MR) is 106 cm³/mol. The molecule has 3 aromatic rings. The monoisotopic (exact) mass is 363 g/mol. The van der Waals surface area contributed by atoms with Crippen LogP contribution in [-0.4, -0.2) is 15.0 Å². The highest BCUT2D eigenvalue weighted by Crippen LogP contribution is 2.25. The van der Waals surface area contributed by atoms with Gasteiger partial charge in [-0.1, -0.05) is 51.6 Å². The van der Waals surface area contributed by atoms with Gasteiger partial charge in [0.25, 0.3) is 11.1 Å². The second-order valence-corrected chi connectivity index (χ2v) is 7.22. The van der Waals surface area contributed by atoms with Crippen molar-refractivity contribution in [2.75, 3.05) is 0 Å². The Kier molecular flexibility index (Phi) is 4.81. The molecule has 0 saturated heterocycles. The molecule has 27 heavy (non-hydrogen) atoms. The SMILES string of the molecule is C=Cc1cccc(/C=c2\[nH]c(=O)/c(=C/c3ncoc3C(C)(C)C)[nH]c2=O)c1. The summed E-state index contributed by atoms with van der Waals surface area (Å²) < 4.78 is 5.44. The minimum Gasteiger partial charge on any atom is -0.447 e. The number of aromatic nitrogens is 3. The summed E-state index contributed by atoms with van der Waals surface area (Å²) in [4.78, 5) is 34.3. The van der Waals surface area contributed by atoms with Gasteiger partial charge in [0.1, 0.15) is 22.2 Å². The van der Waals surface area contributed by atoms with Gasteiger partial charge in [-0.05, 0) is 29.3 Å². The van der Waals surface area contributed by atoms with Crippen molar-refractivity contribution in [3.63, 3.8) is 0 Å². The summed E-state index contributed by atoms with van der Waals surface area (Å²) in [7, 11) is 0. The molecule has 6 heteroatoms. The molecule has 2 heterocycles. The van der Waals surface area contributed by atoms with Crippen molar-refractivity contribution in [3.05, 3.63) is 91.2 Å². The van der Waals surface area contributed by atoms with E-state index in [4.69, 9.17) is 4.42 Å². The summed E-state index contributed by atoms with van der Waals surface area (Å²) in [6.07, 6.45) is 6.18. The molecule has 0 aliphatic heterocycles. The molecule has 0 radical (unpaired) electrons. The molecule has 0 bridgehead atoms. The van der Waals surface area contributed by atoms with Crippen LogP contribution >= 0.6 is 0 Å². The van der Waals surface area contributed by atoms with Crippen molar-refractivity contribution < 1.29 is 4.42 Å². The Morgan fingerprint density at radius 2 is 1.67 bits per heavy atom. The summed E-state index contributed by atoms with van der Waals surface area (Å²) in [5.41, 5.74) is 1.14. The lowest BCUT2D eigenvalue weighted by atomic mass is 9.92. The highest BCUT2D eigenvalue weighted by molar-refractivity contribution is 5.56. The fraction of sp³-hybridized carbons (Fsp3) is 0.190. The summed E-state index contributed by atoms with van der Waals surface area (Å²) in [6.45, 7) is 9.66. The lowest BCUT2D eigenvalue weighted by Gasteiger charge is -2.14. The number of hydrogen-bond donors (Lipinski definition) is 2. The van der Waals surface area contributed by atoms with Crippen LogP contribution < -0.4 is 21.8 Å². The van der Waals surface area contributed by atoms with Crippen molar-refractivity contribution >= 4 is 18.2 Å². The van der Waals surface area contributed by atoms with Gasteiger partial charge >= 0.3 is 0 Å². The van der Waals surface area contributed by atoms with Crippen molar-refractivity contribution in [2.45, 2.75) is 26.2 Å². The third-order valence-electron chi connectivity index (χ3n) is 4.00. The highest BCUT2D eigenvalue weighted by Gasteiger charge is 2.21. The average Bonchev–Trinajstić information content (AvgIpc) is 3.08. The van der Waals surface area contributed by atoms with Crippen LogP contribution in [0.3, 0.4) is 0 Å². The molecule has 0 aliphatic carbocycles. The number of rotatable bonds is 3. The molecule has 3 rings (SSSR count). The van der Waals surface area contributed by atoms with Gasteiger partial charge in [0.05, 0.1) is 0 Å². The normalized spacial score (nSPS) is 13.1. The Labute approximate surface area is 155 Å². The summed E-state index contributed by atoms with van der Waals surface area (Å²) in [6, 6.07) is 7.47. The second kappa shape index (κ2) is 7.07. The lowest BCUT2D eigenvalue weighted by Crippen LogP contribution is -2.46. The smallest absolute Gasteiger partial charge is 0.272 e. The molecular weight excluding hydrogens is 342 g/mol. The molecule has 0 saturated carbocycles. The van der Waals surface area contributed by atoms with Crippen LogP contribution in [-0.2, 0) is 5.41 Å². The van der Waals surface area contributed by atoms with Gasteiger partial charge in [-0.15, -0.1) is 0 Å². The van der Waals surface area contributed by atoms with Crippen molar-refractivity contribution in [2.24, 2.45) is 0 Å². The maximum absolute atomic E-state index is 12.4. The lowest BCUT2D eigenvalue weighted by molar-refractivity contribution is 0.407. The van der Waals surface area contributed by atoms with E-state index in [0.717, 1.165) is 11.1 Å². The van der Waals surface area contributed by atoms with Crippen LogP contribution in [0.1, 0.15) is 43.4 Å². The van der Waals surface area contributed by atoms with E-state index in [-0.39, 0.29) is 16.1 Å². The first kappa shape index (κ1) is 18.4. The van der Waals surface area contributed by atoms with Crippen molar-refractivity contribution in [1.82, 2.24) is 15.0 Å². The van der Waals surface area contributed by atoms with E-state index in [1.54, 1.807) is 12.2 Å². The quantitative estimate of drug-likeness (QED) is 0.740. The Morgan fingerprint density at radius 3 is 2.30 bits per heavy atom. The summed E-state index contributed by atoms with van der Waals surface area (Å²) >= 11 is 0. The molecule has 1 aromatic carbocycles.